The van der Waals surface area contributed by atoms with Crippen molar-refractivity contribution >= 4 is 35.5 Å². The van der Waals surface area contributed by atoms with E-state index in [1.165, 1.54) is 13.2 Å². The van der Waals surface area contributed by atoms with Crippen LogP contribution >= 0.6 is 0 Å². The van der Waals surface area contributed by atoms with Gasteiger partial charge in [-0.3, -0.25) is 25.0 Å². The Balaban J connectivity index is 1.70. The number of methoxy groups -OCH3 is 1. The second kappa shape index (κ2) is 9.12. The fourth-order valence-corrected chi connectivity index (χ4v) is 2.88. The molecule has 0 aliphatic carbocycles. The van der Waals surface area contributed by atoms with Crippen molar-refractivity contribution in [3.05, 3.63) is 58.7 Å². The maximum atomic E-state index is 12.3. The third kappa shape index (κ3) is 5.08. The van der Waals surface area contributed by atoms with Gasteiger partial charge in [0.2, 0.25) is 0 Å². The lowest BCUT2D eigenvalue weighted by Gasteiger charge is -2.15. The number of amides is 5. The topological polar surface area (TPSA) is 123 Å². The van der Waals surface area contributed by atoms with E-state index in [4.69, 9.17) is 9.47 Å². The Morgan fingerprint density at radius 3 is 2.42 bits per heavy atom. The summed E-state index contributed by atoms with van der Waals surface area (Å²) in [6, 6.07) is 9.45. The zero-order chi connectivity index (χ0) is 22.5. The number of urea groups is 1. The second-order valence-corrected chi connectivity index (χ2v) is 6.79. The van der Waals surface area contributed by atoms with Crippen molar-refractivity contribution in [1.29, 1.82) is 0 Å². The zero-order valence-corrected chi connectivity index (χ0v) is 17.2. The number of carbonyl (C=O) groups excluding carboxylic acids is 4. The number of hydrogen-bond acceptors (Lipinski definition) is 6. The maximum Gasteiger partial charge on any atom is 0.328 e. The fraction of sp³-hybridized carbons (Fsp3) is 0.182. The fourth-order valence-electron chi connectivity index (χ4n) is 2.88. The molecule has 0 saturated carbocycles. The first-order valence-corrected chi connectivity index (χ1v) is 9.33. The summed E-state index contributed by atoms with van der Waals surface area (Å²) in [5, 5.41) is 6.81. The van der Waals surface area contributed by atoms with E-state index >= 15 is 0 Å². The highest BCUT2D eigenvalue weighted by Crippen LogP contribution is 2.29. The lowest BCUT2D eigenvalue weighted by atomic mass is 10.1. The van der Waals surface area contributed by atoms with E-state index in [0.29, 0.717) is 22.7 Å². The summed E-state index contributed by atoms with van der Waals surface area (Å²) < 4.78 is 10.9. The molecule has 0 unspecified atom stereocenters. The third-order valence-electron chi connectivity index (χ3n) is 4.68. The highest BCUT2D eigenvalue weighted by molar-refractivity contribution is 6.31. The van der Waals surface area contributed by atoms with E-state index in [1.54, 1.807) is 18.2 Å². The van der Waals surface area contributed by atoms with Crippen LogP contribution in [0.1, 0.15) is 16.7 Å². The van der Waals surface area contributed by atoms with Crippen LogP contribution in [0.3, 0.4) is 0 Å². The van der Waals surface area contributed by atoms with Gasteiger partial charge in [0.15, 0.2) is 18.1 Å². The standard InChI is InChI=1S/C22H21N3O6/c1-12-5-4-6-16(13(12)2)23-19(26)11-31-17-8-7-14(10-18(17)30-3)9-15-20(27)24-22(29)25-21(15)28/h4-10H,11H2,1-3H3,(H,23,26)(H2,24,25,27,28,29). The number of anilines is 1. The average Bonchev–Trinajstić information content (AvgIpc) is 2.72. The Morgan fingerprint density at radius 2 is 1.74 bits per heavy atom. The highest BCUT2D eigenvalue weighted by Gasteiger charge is 2.27. The van der Waals surface area contributed by atoms with Crippen molar-refractivity contribution in [1.82, 2.24) is 10.6 Å². The van der Waals surface area contributed by atoms with Gasteiger partial charge in [0.1, 0.15) is 5.57 Å². The van der Waals surface area contributed by atoms with Crippen LogP contribution in [0.5, 0.6) is 11.5 Å². The Morgan fingerprint density at radius 1 is 1.03 bits per heavy atom. The molecule has 31 heavy (non-hydrogen) atoms. The first kappa shape index (κ1) is 21.6. The Labute approximate surface area is 178 Å². The summed E-state index contributed by atoms with van der Waals surface area (Å²) in [6.45, 7) is 3.64. The summed E-state index contributed by atoms with van der Waals surface area (Å²) in [6.07, 6.45) is 1.32. The lowest BCUT2D eigenvalue weighted by Crippen LogP contribution is -2.51. The molecule has 0 bridgehead atoms. The minimum Gasteiger partial charge on any atom is -0.493 e. The minimum atomic E-state index is -0.868. The molecular formula is C22H21N3O6. The van der Waals surface area contributed by atoms with Gasteiger partial charge in [-0.15, -0.1) is 0 Å². The van der Waals surface area contributed by atoms with Crippen molar-refractivity contribution in [2.24, 2.45) is 0 Å². The predicted octanol–water partition coefficient (Wildman–Crippen LogP) is 2.08. The van der Waals surface area contributed by atoms with Crippen molar-refractivity contribution < 1.29 is 28.7 Å². The Bertz CT molecular complexity index is 1080. The molecule has 2 aromatic rings. The number of rotatable bonds is 6. The van der Waals surface area contributed by atoms with Crippen LogP contribution in [0.2, 0.25) is 0 Å². The number of aryl methyl sites for hydroxylation is 1. The van der Waals surface area contributed by atoms with Crippen LogP contribution in [0.25, 0.3) is 6.08 Å². The van der Waals surface area contributed by atoms with Gasteiger partial charge in [0, 0.05) is 5.69 Å². The molecule has 3 rings (SSSR count). The molecule has 3 N–H and O–H groups in total. The molecular weight excluding hydrogens is 402 g/mol. The first-order chi connectivity index (χ1) is 14.8. The van der Waals surface area contributed by atoms with E-state index in [0.717, 1.165) is 11.1 Å². The number of benzene rings is 2. The molecule has 1 aliphatic heterocycles. The van der Waals surface area contributed by atoms with Gasteiger partial charge in [0.25, 0.3) is 17.7 Å². The van der Waals surface area contributed by atoms with E-state index in [1.807, 2.05) is 42.7 Å². The van der Waals surface area contributed by atoms with E-state index in [-0.39, 0.29) is 18.1 Å². The Hall–Kier alpha value is -4.14. The molecule has 9 heteroatoms. The smallest absolute Gasteiger partial charge is 0.328 e. The van der Waals surface area contributed by atoms with Crippen LogP contribution in [0.4, 0.5) is 10.5 Å². The van der Waals surface area contributed by atoms with Crippen LogP contribution < -0.4 is 25.4 Å². The van der Waals surface area contributed by atoms with Crippen molar-refractivity contribution in [3.8, 4) is 11.5 Å². The van der Waals surface area contributed by atoms with Crippen LogP contribution in [0, 0.1) is 13.8 Å². The quantitative estimate of drug-likeness (QED) is 0.483. The average molecular weight is 423 g/mol. The molecule has 9 nitrogen and oxygen atoms in total. The maximum absolute atomic E-state index is 12.3. The summed E-state index contributed by atoms with van der Waals surface area (Å²) in [5.74, 6) is -1.30. The van der Waals surface area contributed by atoms with Crippen LogP contribution in [-0.2, 0) is 14.4 Å². The summed E-state index contributed by atoms with van der Waals surface area (Å²) in [4.78, 5) is 47.1. The van der Waals surface area contributed by atoms with Gasteiger partial charge >= 0.3 is 6.03 Å². The number of carbonyl (C=O) groups is 4. The van der Waals surface area contributed by atoms with Crippen molar-refractivity contribution in [2.45, 2.75) is 13.8 Å². The van der Waals surface area contributed by atoms with Gasteiger partial charge in [-0.1, -0.05) is 18.2 Å². The first-order valence-electron chi connectivity index (χ1n) is 9.33. The van der Waals surface area contributed by atoms with Gasteiger partial charge in [-0.25, -0.2) is 4.79 Å². The highest BCUT2D eigenvalue weighted by atomic mass is 16.5. The molecule has 5 amide bonds. The van der Waals surface area contributed by atoms with Crippen LogP contribution in [0.15, 0.2) is 42.0 Å². The summed E-state index contributed by atoms with van der Waals surface area (Å²) in [5.41, 5.74) is 3.00. The number of barbiturate groups is 1. The summed E-state index contributed by atoms with van der Waals surface area (Å²) in [7, 11) is 1.42. The van der Waals surface area contributed by atoms with E-state index in [9.17, 15) is 19.2 Å². The monoisotopic (exact) mass is 423 g/mol. The predicted molar refractivity (Wildman–Crippen MR) is 113 cm³/mol. The minimum absolute atomic E-state index is 0.219. The summed E-state index contributed by atoms with van der Waals surface area (Å²) >= 11 is 0. The lowest BCUT2D eigenvalue weighted by molar-refractivity contribution is -0.124. The normalized spacial score (nSPS) is 13.3. The third-order valence-corrected chi connectivity index (χ3v) is 4.68. The molecule has 1 fully saturated rings. The molecule has 2 aromatic carbocycles. The molecule has 1 saturated heterocycles. The van der Waals surface area contributed by atoms with Gasteiger partial charge < -0.3 is 14.8 Å². The number of imide groups is 2. The molecule has 0 radical (unpaired) electrons. The second-order valence-electron chi connectivity index (χ2n) is 6.79. The Kier molecular flexibility index (Phi) is 6.35. The largest absolute Gasteiger partial charge is 0.493 e. The molecule has 0 spiro atoms. The van der Waals surface area contributed by atoms with Crippen molar-refractivity contribution in [2.75, 3.05) is 19.0 Å². The van der Waals surface area contributed by atoms with Gasteiger partial charge in [0.05, 0.1) is 7.11 Å². The van der Waals surface area contributed by atoms with E-state index in [2.05, 4.69) is 5.32 Å². The molecule has 1 aliphatic rings. The number of hydrogen-bond donors (Lipinski definition) is 3. The SMILES string of the molecule is COc1cc(C=C2C(=O)NC(=O)NC2=O)ccc1OCC(=O)Nc1cccc(C)c1C. The molecule has 0 aromatic heterocycles. The van der Waals surface area contributed by atoms with E-state index < -0.39 is 17.8 Å². The molecule has 1 heterocycles. The number of nitrogens with one attached hydrogen (secondary N) is 3. The van der Waals surface area contributed by atoms with Gasteiger partial charge in [-0.05, 0) is 54.8 Å². The molecule has 0 atom stereocenters. The molecule has 160 valence electrons. The van der Waals surface area contributed by atoms with Crippen LogP contribution in [-0.4, -0.2) is 37.5 Å². The van der Waals surface area contributed by atoms with Crippen molar-refractivity contribution in [3.63, 3.8) is 0 Å². The zero-order valence-electron chi connectivity index (χ0n) is 17.2. The van der Waals surface area contributed by atoms with Gasteiger partial charge in [-0.2, -0.15) is 0 Å². The number of ether oxygens (including phenoxy) is 2.